The van der Waals surface area contributed by atoms with Crippen molar-refractivity contribution in [2.75, 3.05) is 12.4 Å². The van der Waals surface area contributed by atoms with Crippen LogP contribution in [0.1, 0.15) is 55.9 Å². The van der Waals surface area contributed by atoms with Crippen molar-refractivity contribution in [3.63, 3.8) is 0 Å². The van der Waals surface area contributed by atoms with E-state index in [0.29, 0.717) is 17.2 Å². The molecule has 1 saturated carbocycles. The van der Waals surface area contributed by atoms with Crippen LogP contribution < -0.4 is 10.1 Å². The zero-order valence-electron chi connectivity index (χ0n) is 22.0. The fourth-order valence-electron chi connectivity index (χ4n) is 5.40. The molecular formula is C30H30F3N3O3. The van der Waals surface area contributed by atoms with E-state index in [1.54, 1.807) is 24.3 Å². The van der Waals surface area contributed by atoms with Crippen LogP contribution in [0.25, 0.3) is 22.2 Å². The molecule has 39 heavy (non-hydrogen) atoms. The molecule has 0 bridgehead atoms. The first-order chi connectivity index (χ1) is 18.5. The Labute approximate surface area is 224 Å². The number of ether oxygens (including phenoxy) is 2. The van der Waals surface area contributed by atoms with Gasteiger partial charge in [-0.1, -0.05) is 38.5 Å². The van der Waals surface area contributed by atoms with Gasteiger partial charge in [0.05, 0.1) is 23.7 Å². The molecule has 0 radical (unpaired) electrons. The molecule has 204 valence electrons. The summed E-state index contributed by atoms with van der Waals surface area (Å²) < 4.78 is 48.8. The predicted molar refractivity (Wildman–Crippen MR) is 144 cm³/mol. The maximum absolute atomic E-state index is 12.6. The maximum Gasteiger partial charge on any atom is 0.573 e. The highest BCUT2D eigenvalue weighted by Gasteiger charge is 2.32. The van der Waals surface area contributed by atoms with E-state index in [1.165, 1.54) is 19.2 Å². The number of imidazole rings is 1. The van der Waals surface area contributed by atoms with Gasteiger partial charge in [0.15, 0.2) is 0 Å². The van der Waals surface area contributed by atoms with Crippen molar-refractivity contribution in [1.82, 2.24) is 9.55 Å². The van der Waals surface area contributed by atoms with Gasteiger partial charge in [-0.3, -0.25) is 0 Å². The molecule has 1 fully saturated rings. The van der Waals surface area contributed by atoms with Gasteiger partial charge in [-0.2, -0.15) is 0 Å². The Morgan fingerprint density at radius 2 is 1.72 bits per heavy atom. The normalized spacial score (nSPS) is 17.1. The molecule has 0 aliphatic heterocycles. The predicted octanol–water partition coefficient (Wildman–Crippen LogP) is 8.27. The fourth-order valence-corrected chi connectivity index (χ4v) is 5.40. The van der Waals surface area contributed by atoms with Crippen LogP contribution in [0.3, 0.4) is 0 Å². The summed E-state index contributed by atoms with van der Waals surface area (Å²) >= 11 is 0. The number of nitrogens with one attached hydrogen (secondary N) is 1. The highest BCUT2D eigenvalue weighted by Crippen LogP contribution is 2.44. The van der Waals surface area contributed by atoms with Crippen molar-refractivity contribution in [2.45, 2.75) is 51.9 Å². The molecule has 9 heteroatoms. The number of benzene rings is 3. The molecular weight excluding hydrogens is 507 g/mol. The van der Waals surface area contributed by atoms with Crippen LogP contribution in [0.2, 0.25) is 0 Å². The topological polar surface area (TPSA) is 65.4 Å². The molecule has 1 aromatic heterocycles. The minimum absolute atomic E-state index is 0.189. The number of alkyl halides is 3. The van der Waals surface area contributed by atoms with E-state index in [1.807, 2.05) is 24.3 Å². The van der Waals surface area contributed by atoms with Gasteiger partial charge in [0.1, 0.15) is 5.75 Å². The quantitative estimate of drug-likeness (QED) is 0.251. The number of hydrogen-bond donors (Lipinski definition) is 1. The second-order valence-electron chi connectivity index (χ2n) is 10.7. The van der Waals surface area contributed by atoms with Gasteiger partial charge < -0.3 is 19.4 Å². The highest BCUT2D eigenvalue weighted by atomic mass is 19.4. The van der Waals surface area contributed by atoms with Crippen LogP contribution in [-0.2, 0) is 4.74 Å². The molecule has 0 spiro atoms. The van der Waals surface area contributed by atoms with Crippen molar-refractivity contribution < 1.29 is 27.4 Å². The SMILES string of the molecule is COC(=O)c1ccc(-c2ccc3c(c2)nc(Nc2ccc(OC(F)(F)F)cc2)n3[C@H]2CCCC(C)(C)C2)cc1. The number of rotatable bonds is 6. The van der Waals surface area contributed by atoms with Crippen LogP contribution in [0.15, 0.2) is 66.7 Å². The lowest BCUT2D eigenvalue weighted by molar-refractivity contribution is -0.274. The minimum atomic E-state index is -4.74. The maximum atomic E-state index is 12.6. The van der Waals surface area contributed by atoms with E-state index in [2.05, 4.69) is 34.5 Å². The number of aromatic nitrogens is 2. The summed E-state index contributed by atoms with van der Waals surface area (Å²) in [6.07, 6.45) is -0.481. The van der Waals surface area contributed by atoms with E-state index in [4.69, 9.17) is 9.72 Å². The van der Waals surface area contributed by atoms with Gasteiger partial charge in [-0.05, 0) is 84.3 Å². The molecule has 0 saturated heterocycles. The number of hydrogen-bond acceptors (Lipinski definition) is 5. The number of esters is 1. The summed E-state index contributed by atoms with van der Waals surface area (Å²) in [5.74, 6) is -0.0336. The summed E-state index contributed by atoms with van der Waals surface area (Å²) in [4.78, 5) is 16.7. The number of carbonyl (C=O) groups excluding carboxylic acids is 1. The van der Waals surface area contributed by atoms with Crippen molar-refractivity contribution in [1.29, 1.82) is 0 Å². The molecule has 1 heterocycles. The molecule has 1 atom stereocenters. The molecule has 1 N–H and O–H groups in total. The lowest BCUT2D eigenvalue weighted by Crippen LogP contribution is -2.25. The Morgan fingerprint density at radius 3 is 2.36 bits per heavy atom. The first kappa shape index (κ1) is 26.6. The summed E-state index contributed by atoms with van der Waals surface area (Å²) in [6, 6.07) is 19.2. The number of methoxy groups -OCH3 is 1. The fraction of sp³-hybridized carbons (Fsp3) is 0.333. The molecule has 0 unspecified atom stereocenters. The van der Waals surface area contributed by atoms with E-state index in [9.17, 15) is 18.0 Å². The first-order valence-electron chi connectivity index (χ1n) is 12.8. The summed E-state index contributed by atoms with van der Waals surface area (Å²) in [7, 11) is 1.35. The zero-order chi connectivity index (χ0) is 27.8. The van der Waals surface area contributed by atoms with Gasteiger partial charge in [0.25, 0.3) is 0 Å². The van der Waals surface area contributed by atoms with E-state index in [0.717, 1.165) is 47.8 Å². The number of fused-ring (bicyclic) bond motifs is 1. The van der Waals surface area contributed by atoms with Gasteiger partial charge in [-0.25, -0.2) is 9.78 Å². The van der Waals surface area contributed by atoms with Crippen molar-refractivity contribution in [3.8, 4) is 16.9 Å². The van der Waals surface area contributed by atoms with Crippen LogP contribution >= 0.6 is 0 Å². The molecule has 1 aliphatic carbocycles. The Balaban J connectivity index is 1.51. The third kappa shape index (κ3) is 6.02. The second-order valence-corrected chi connectivity index (χ2v) is 10.7. The van der Waals surface area contributed by atoms with Crippen LogP contribution in [0.5, 0.6) is 5.75 Å². The van der Waals surface area contributed by atoms with E-state index >= 15 is 0 Å². The monoisotopic (exact) mass is 537 g/mol. The summed E-state index contributed by atoms with van der Waals surface area (Å²) in [5.41, 5.74) is 4.94. The molecule has 1 aliphatic rings. The number of halogens is 3. The zero-order valence-corrected chi connectivity index (χ0v) is 22.0. The van der Waals surface area contributed by atoms with Crippen molar-refractivity contribution >= 4 is 28.6 Å². The average Bonchev–Trinajstić information content (AvgIpc) is 3.25. The molecule has 4 aromatic rings. The van der Waals surface area contributed by atoms with Crippen LogP contribution in [-0.4, -0.2) is 29.0 Å². The van der Waals surface area contributed by atoms with Gasteiger partial charge in [0.2, 0.25) is 5.95 Å². The smallest absolute Gasteiger partial charge is 0.465 e. The molecule has 6 nitrogen and oxygen atoms in total. The molecule has 0 amide bonds. The standard InChI is InChI=1S/C30H30F3N3O3/c1-29(2)16-4-5-23(18-29)36-26-15-10-21(19-6-8-20(9-7-19)27(37)38-3)17-25(26)35-28(36)34-22-11-13-24(14-12-22)39-30(31,32)33/h6-15,17,23H,4-5,16,18H2,1-3H3,(H,34,35)/t23-/m0/s1. The Kier molecular flexibility index (Phi) is 7.01. The number of anilines is 2. The molecule has 5 rings (SSSR count). The number of nitrogens with zero attached hydrogens (tertiary/aromatic N) is 2. The van der Waals surface area contributed by atoms with Gasteiger partial charge >= 0.3 is 12.3 Å². The lowest BCUT2D eigenvalue weighted by Gasteiger charge is -2.36. The summed E-state index contributed by atoms with van der Waals surface area (Å²) in [6.45, 7) is 4.56. The Hall–Kier alpha value is -4.01. The number of carbonyl (C=O) groups is 1. The first-order valence-corrected chi connectivity index (χ1v) is 12.8. The van der Waals surface area contributed by atoms with Gasteiger partial charge in [0, 0.05) is 11.7 Å². The van der Waals surface area contributed by atoms with E-state index in [-0.39, 0.29) is 23.2 Å². The minimum Gasteiger partial charge on any atom is -0.465 e. The largest absolute Gasteiger partial charge is 0.573 e. The molecule has 3 aromatic carbocycles. The third-order valence-electron chi connectivity index (χ3n) is 7.22. The van der Waals surface area contributed by atoms with Gasteiger partial charge in [-0.15, -0.1) is 13.2 Å². The van der Waals surface area contributed by atoms with Crippen molar-refractivity contribution in [2.24, 2.45) is 5.41 Å². The second kappa shape index (κ2) is 10.3. The van der Waals surface area contributed by atoms with Crippen LogP contribution in [0, 0.1) is 5.41 Å². The lowest BCUT2D eigenvalue weighted by atomic mass is 9.75. The highest BCUT2D eigenvalue weighted by molar-refractivity contribution is 5.90. The van der Waals surface area contributed by atoms with Crippen LogP contribution in [0.4, 0.5) is 24.8 Å². The average molecular weight is 538 g/mol. The Bertz CT molecular complexity index is 1480. The van der Waals surface area contributed by atoms with Crippen molar-refractivity contribution in [3.05, 3.63) is 72.3 Å². The summed E-state index contributed by atoms with van der Waals surface area (Å²) in [5, 5.41) is 3.33. The third-order valence-corrected chi connectivity index (χ3v) is 7.22. The Morgan fingerprint density at radius 1 is 1.03 bits per heavy atom. The van der Waals surface area contributed by atoms with E-state index < -0.39 is 6.36 Å².